The summed E-state index contributed by atoms with van der Waals surface area (Å²) < 4.78 is 5.87. The van der Waals surface area contributed by atoms with Gasteiger partial charge in [-0.1, -0.05) is 20.8 Å². The summed E-state index contributed by atoms with van der Waals surface area (Å²) in [4.78, 5) is 24.2. The van der Waals surface area contributed by atoms with Crippen LogP contribution < -0.4 is 0 Å². The van der Waals surface area contributed by atoms with E-state index in [1.54, 1.807) is 6.92 Å². The Hall–Kier alpha value is -0.860. The second-order valence-electron chi connectivity index (χ2n) is 10.4. The minimum absolute atomic E-state index is 0.0239. The Kier molecular flexibility index (Phi) is 4.32. The zero-order valence-corrected chi connectivity index (χ0v) is 17.1. The fourth-order valence-electron chi connectivity index (χ4n) is 7.87. The van der Waals surface area contributed by atoms with Gasteiger partial charge in [-0.3, -0.25) is 9.59 Å². The lowest BCUT2D eigenvalue weighted by Gasteiger charge is -2.61. The molecular formula is C23H36O3. The van der Waals surface area contributed by atoms with Crippen LogP contribution in [0.4, 0.5) is 0 Å². The third kappa shape index (κ3) is 2.52. The predicted octanol–water partition coefficient (Wildman–Crippen LogP) is 5.31. The first-order valence-corrected chi connectivity index (χ1v) is 11.0. The molecule has 0 aromatic rings. The van der Waals surface area contributed by atoms with E-state index in [2.05, 4.69) is 20.8 Å². The van der Waals surface area contributed by atoms with Crippen molar-refractivity contribution in [3.63, 3.8) is 0 Å². The van der Waals surface area contributed by atoms with Gasteiger partial charge in [-0.05, 0) is 86.9 Å². The van der Waals surface area contributed by atoms with Gasteiger partial charge < -0.3 is 4.74 Å². The SMILES string of the molecule is CC[C@]1(OC(C)=O)CC[C@@]2(C)[C@@H](CC[C@H]3[C@H]2CC[C@]2(C)C(=O)CC[C@H]32)C1. The molecule has 0 spiro atoms. The van der Waals surface area contributed by atoms with E-state index in [4.69, 9.17) is 4.74 Å². The fourth-order valence-corrected chi connectivity index (χ4v) is 7.87. The molecular weight excluding hydrogens is 324 g/mol. The Labute approximate surface area is 158 Å². The van der Waals surface area contributed by atoms with Crippen LogP contribution in [0, 0.1) is 34.5 Å². The highest BCUT2D eigenvalue weighted by atomic mass is 16.6. The van der Waals surface area contributed by atoms with Crippen LogP contribution in [0.2, 0.25) is 0 Å². The number of Topliss-reactive ketones (excluding diaryl/α,β-unsaturated/α-hetero) is 1. The maximum absolute atomic E-state index is 12.5. The smallest absolute Gasteiger partial charge is 0.303 e. The van der Waals surface area contributed by atoms with Crippen molar-refractivity contribution in [2.24, 2.45) is 34.5 Å². The zero-order valence-electron chi connectivity index (χ0n) is 17.1. The number of rotatable bonds is 2. The Morgan fingerprint density at radius 3 is 2.54 bits per heavy atom. The molecule has 0 N–H and O–H groups in total. The van der Waals surface area contributed by atoms with E-state index >= 15 is 0 Å². The van der Waals surface area contributed by atoms with E-state index < -0.39 is 0 Å². The van der Waals surface area contributed by atoms with Crippen molar-refractivity contribution < 1.29 is 14.3 Å². The third-order valence-corrected chi connectivity index (χ3v) is 9.52. The van der Waals surface area contributed by atoms with E-state index in [0.29, 0.717) is 23.0 Å². The predicted molar refractivity (Wildman–Crippen MR) is 102 cm³/mol. The molecule has 4 saturated carbocycles. The molecule has 146 valence electrons. The largest absolute Gasteiger partial charge is 0.459 e. The first-order valence-electron chi connectivity index (χ1n) is 11.0. The Morgan fingerprint density at radius 2 is 1.85 bits per heavy atom. The van der Waals surface area contributed by atoms with Gasteiger partial charge in [-0.2, -0.15) is 0 Å². The lowest BCUT2D eigenvalue weighted by atomic mass is 9.44. The summed E-state index contributed by atoms with van der Waals surface area (Å²) in [6, 6.07) is 0. The molecule has 4 rings (SSSR count). The van der Waals surface area contributed by atoms with Gasteiger partial charge in [0.1, 0.15) is 11.4 Å². The summed E-state index contributed by atoms with van der Waals surface area (Å²) in [6.45, 7) is 8.52. The molecule has 0 aromatic carbocycles. The molecule has 0 bridgehead atoms. The molecule has 4 aliphatic carbocycles. The number of ether oxygens (including phenoxy) is 1. The number of ketones is 1. The van der Waals surface area contributed by atoms with Gasteiger partial charge in [0.25, 0.3) is 0 Å². The van der Waals surface area contributed by atoms with Gasteiger partial charge in [-0.15, -0.1) is 0 Å². The molecule has 3 heteroatoms. The van der Waals surface area contributed by atoms with Crippen LogP contribution >= 0.6 is 0 Å². The van der Waals surface area contributed by atoms with Gasteiger partial charge in [0.05, 0.1) is 0 Å². The van der Waals surface area contributed by atoms with Gasteiger partial charge in [0, 0.05) is 18.8 Å². The van der Waals surface area contributed by atoms with E-state index in [1.165, 1.54) is 25.7 Å². The van der Waals surface area contributed by atoms with Crippen LogP contribution in [0.1, 0.15) is 91.9 Å². The third-order valence-electron chi connectivity index (χ3n) is 9.52. The monoisotopic (exact) mass is 360 g/mol. The second-order valence-corrected chi connectivity index (χ2v) is 10.4. The highest BCUT2D eigenvalue weighted by molar-refractivity contribution is 5.87. The van der Waals surface area contributed by atoms with Crippen LogP contribution in [0.3, 0.4) is 0 Å². The molecule has 4 aliphatic rings. The van der Waals surface area contributed by atoms with Gasteiger partial charge in [0.2, 0.25) is 0 Å². The first-order chi connectivity index (χ1) is 12.2. The minimum atomic E-state index is -0.227. The summed E-state index contributed by atoms with van der Waals surface area (Å²) >= 11 is 0. The summed E-state index contributed by atoms with van der Waals surface area (Å²) in [5, 5.41) is 0. The summed E-state index contributed by atoms with van der Waals surface area (Å²) in [5.41, 5.74) is 0.119. The summed E-state index contributed by atoms with van der Waals surface area (Å²) in [7, 11) is 0. The molecule has 3 nitrogen and oxygen atoms in total. The van der Waals surface area contributed by atoms with Crippen LogP contribution in [0.25, 0.3) is 0 Å². The van der Waals surface area contributed by atoms with Gasteiger partial charge in [0.15, 0.2) is 0 Å². The zero-order chi connectivity index (χ0) is 18.7. The number of esters is 1. The normalized spacial score (nSPS) is 50.5. The fraction of sp³-hybridized carbons (Fsp3) is 0.913. The number of hydrogen-bond acceptors (Lipinski definition) is 3. The van der Waals surface area contributed by atoms with E-state index in [0.717, 1.165) is 50.4 Å². The van der Waals surface area contributed by atoms with Crippen molar-refractivity contribution in [2.45, 2.75) is 97.5 Å². The standard InChI is InChI=1S/C23H36O3/c1-5-23(26-15(2)24)13-12-21(3)16(14-23)6-7-17-18-8-9-20(25)22(18,4)11-10-19(17)21/h16-19H,5-14H2,1-4H3/t16-,17+,18+,19+,21-,22-,23-/m0/s1. The Bertz CT molecular complexity index is 613. The van der Waals surface area contributed by atoms with Gasteiger partial charge >= 0.3 is 5.97 Å². The van der Waals surface area contributed by atoms with Crippen molar-refractivity contribution in [3.8, 4) is 0 Å². The second kappa shape index (κ2) is 6.07. The van der Waals surface area contributed by atoms with Crippen molar-refractivity contribution in [2.75, 3.05) is 0 Å². The molecule has 0 amide bonds. The number of carbonyl (C=O) groups excluding carboxylic acids is 2. The van der Waals surface area contributed by atoms with Crippen LogP contribution in [-0.4, -0.2) is 17.4 Å². The topological polar surface area (TPSA) is 43.4 Å². The average Bonchev–Trinajstić information content (AvgIpc) is 2.90. The average molecular weight is 361 g/mol. The molecule has 4 fully saturated rings. The molecule has 26 heavy (non-hydrogen) atoms. The van der Waals surface area contributed by atoms with E-state index in [1.807, 2.05) is 0 Å². The first kappa shape index (κ1) is 18.5. The van der Waals surface area contributed by atoms with E-state index in [-0.39, 0.29) is 17.0 Å². The molecule has 0 saturated heterocycles. The molecule has 0 unspecified atom stereocenters. The molecule has 0 aromatic heterocycles. The van der Waals surface area contributed by atoms with E-state index in [9.17, 15) is 9.59 Å². The molecule has 7 atom stereocenters. The van der Waals surface area contributed by atoms with Crippen LogP contribution in [0.15, 0.2) is 0 Å². The van der Waals surface area contributed by atoms with Crippen molar-refractivity contribution in [1.82, 2.24) is 0 Å². The molecule has 0 aliphatic heterocycles. The molecule has 0 heterocycles. The van der Waals surface area contributed by atoms with Gasteiger partial charge in [-0.25, -0.2) is 0 Å². The highest BCUT2D eigenvalue weighted by Crippen LogP contribution is 2.66. The van der Waals surface area contributed by atoms with Crippen LogP contribution in [0.5, 0.6) is 0 Å². The number of carbonyl (C=O) groups is 2. The quantitative estimate of drug-likeness (QED) is 0.627. The molecule has 0 radical (unpaired) electrons. The summed E-state index contributed by atoms with van der Waals surface area (Å²) in [5.74, 6) is 3.21. The minimum Gasteiger partial charge on any atom is -0.459 e. The van der Waals surface area contributed by atoms with Crippen LogP contribution in [-0.2, 0) is 14.3 Å². The Balaban J connectivity index is 1.58. The lowest BCUT2D eigenvalue weighted by Crippen LogP contribution is -2.56. The number of hydrogen-bond donors (Lipinski definition) is 0. The van der Waals surface area contributed by atoms with Crippen molar-refractivity contribution in [3.05, 3.63) is 0 Å². The summed E-state index contributed by atoms with van der Waals surface area (Å²) in [6.07, 6.45) is 11.0. The maximum atomic E-state index is 12.5. The lowest BCUT2D eigenvalue weighted by molar-refractivity contribution is -0.182. The Morgan fingerprint density at radius 1 is 1.08 bits per heavy atom. The number of fused-ring (bicyclic) bond motifs is 5. The van der Waals surface area contributed by atoms with Crippen molar-refractivity contribution in [1.29, 1.82) is 0 Å². The van der Waals surface area contributed by atoms with Crippen molar-refractivity contribution >= 4 is 11.8 Å². The highest BCUT2D eigenvalue weighted by Gasteiger charge is 2.61. The maximum Gasteiger partial charge on any atom is 0.303 e.